The minimum absolute atomic E-state index is 0.182. The van der Waals surface area contributed by atoms with Gasteiger partial charge in [0.2, 0.25) is 5.29 Å². The molecular formula is C17H19B5ClN3O2S. The number of thiophene rings is 1. The summed E-state index contributed by atoms with van der Waals surface area (Å²) in [6.07, 6.45) is -0.185. The highest BCUT2D eigenvalue weighted by atomic mass is 35.5. The van der Waals surface area contributed by atoms with Crippen molar-refractivity contribution >= 4 is 121 Å². The third-order valence-corrected chi connectivity index (χ3v) is 7.91. The van der Waals surface area contributed by atoms with E-state index in [1.807, 2.05) is 53.2 Å². The molecule has 0 amide bonds. The SMILES string of the molecule is Bc1c(O)c(B)c2sc3c(C4=NC(C)N(C)C(Cl)=N4)c(O)c(B)c(B)c3c2c1B. The van der Waals surface area contributed by atoms with Crippen LogP contribution in [0.3, 0.4) is 0 Å². The van der Waals surface area contributed by atoms with Crippen LogP contribution in [0.15, 0.2) is 9.98 Å². The van der Waals surface area contributed by atoms with Gasteiger partial charge in [0.05, 0.1) is 5.56 Å². The Labute approximate surface area is 182 Å². The van der Waals surface area contributed by atoms with Gasteiger partial charge < -0.3 is 15.1 Å². The maximum atomic E-state index is 11.1. The molecule has 1 aliphatic heterocycles. The van der Waals surface area contributed by atoms with Gasteiger partial charge in [-0.25, -0.2) is 4.99 Å². The van der Waals surface area contributed by atoms with Gasteiger partial charge in [-0.05, 0) is 34.8 Å². The fourth-order valence-electron chi connectivity index (χ4n) is 3.94. The molecule has 0 fully saturated rings. The predicted octanol–water partition coefficient (Wildman–Crippen LogP) is -4.61. The number of fused-ring (bicyclic) bond motifs is 3. The number of benzene rings is 2. The van der Waals surface area contributed by atoms with E-state index < -0.39 is 0 Å². The number of phenols is 2. The van der Waals surface area contributed by atoms with Crippen LogP contribution in [-0.2, 0) is 0 Å². The molecule has 4 rings (SSSR count). The summed E-state index contributed by atoms with van der Waals surface area (Å²) in [5.41, 5.74) is 5.22. The van der Waals surface area contributed by atoms with Crippen molar-refractivity contribution in [2.75, 3.05) is 7.05 Å². The molecule has 1 aliphatic rings. The van der Waals surface area contributed by atoms with Gasteiger partial charge in [-0.2, -0.15) is 4.99 Å². The van der Waals surface area contributed by atoms with Crippen LogP contribution in [0.4, 0.5) is 0 Å². The molecule has 0 saturated heterocycles. The van der Waals surface area contributed by atoms with Gasteiger partial charge in [-0.15, -0.1) is 11.3 Å². The second kappa shape index (κ2) is 6.78. The van der Waals surface area contributed by atoms with E-state index in [4.69, 9.17) is 11.6 Å². The normalized spacial score (nSPS) is 17.1. The molecule has 1 unspecified atom stereocenters. The van der Waals surface area contributed by atoms with Crippen molar-refractivity contribution in [2.24, 2.45) is 9.98 Å². The average Bonchev–Trinajstić information content (AvgIpc) is 3.07. The average molecular weight is 419 g/mol. The Hall–Kier alpha value is -1.99. The molecule has 0 radical (unpaired) electrons. The second-order valence-electron chi connectivity index (χ2n) is 7.78. The molecule has 2 heterocycles. The zero-order chi connectivity index (χ0) is 21.4. The smallest absolute Gasteiger partial charge is 0.202 e. The molecule has 1 aromatic heterocycles. The maximum Gasteiger partial charge on any atom is 0.202 e. The molecular weight excluding hydrogens is 400 g/mol. The van der Waals surface area contributed by atoms with Gasteiger partial charge in [0.15, 0.2) is 5.84 Å². The fourth-order valence-corrected chi connectivity index (χ4v) is 5.62. The van der Waals surface area contributed by atoms with E-state index in [0.29, 0.717) is 22.4 Å². The number of hydrogen-bond donors (Lipinski definition) is 2. The first-order chi connectivity index (χ1) is 13.6. The minimum Gasteiger partial charge on any atom is -0.509 e. The van der Waals surface area contributed by atoms with Crippen molar-refractivity contribution in [3.05, 3.63) is 5.56 Å². The Kier molecular flexibility index (Phi) is 4.74. The van der Waals surface area contributed by atoms with Crippen molar-refractivity contribution in [1.82, 2.24) is 4.90 Å². The lowest BCUT2D eigenvalue weighted by atomic mass is 9.71. The minimum atomic E-state index is -0.185. The van der Waals surface area contributed by atoms with E-state index in [1.54, 1.807) is 16.2 Å². The number of phenolic OH excluding ortho intramolecular Hbond substituents is 2. The van der Waals surface area contributed by atoms with Gasteiger partial charge >= 0.3 is 0 Å². The molecule has 1 atom stereocenters. The predicted molar refractivity (Wildman–Crippen MR) is 141 cm³/mol. The number of nitrogens with zero attached hydrogens (tertiary/aromatic N) is 3. The highest BCUT2D eigenvalue weighted by molar-refractivity contribution is 7.27. The first kappa shape index (κ1) is 20.3. The van der Waals surface area contributed by atoms with Crippen LogP contribution in [-0.4, -0.2) is 78.7 Å². The monoisotopic (exact) mass is 419 g/mol. The highest BCUT2D eigenvalue weighted by Gasteiger charge is 2.27. The Bertz CT molecular complexity index is 1290. The quantitative estimate of drug-likeness (QED) is 0.309. The molecule has 0 bridgehead atoms. The second-order valence-corrected chi connectivity index (χ2v) is 9.14. The van der Waals surface area contributed by atoms with Crippen LogP contribution < -0.4 is 27.3 Å². The summed E-state index contributed by atoms with van der Waals surface area (Å²) >= 11 is 7.89. The molecule has 29 heavy (non-hydrogen) atoms. The van der Waals surface area contributed by atoms with E-state index in [2.05, 4.69) is 9.98 Å². The molecule has 5 nitrogen and oxygen atoms in total. The van der Waals surface area contributed by atoms with Crippen LogP contribution in [0.2, 0.25) is 0 Å². The first-order valence-corrected chi connectivity index (χ1v) is 10.7. The zero-order valence-electron chi connectivity index (χ0n) is 17.6. The topological polar surface area (TPSA) is 68.4 Å². The number of aromatic hydroxyl groups is 2. The van der Waals surface area contributed by atoms with Crippen molar-refractivity contribution < 1.29 is 10.2 Å². The third kappa shape index (κ3) is 2.74. The molecule has 0 aliphatic carbocycles. The van der Waals surface area contributed by atoms with Crippen LogP contribution in [0.5, 0.6) is 11.5 Å². The van der Waals surface area contributed by atoms with E-state index in [-0.39, 0.29) is 11.9 Å². The number of aliphatic imine (C=N–C) groups is 2. The van der Waals surface area contributed by atoms with Gasteiger partial charge in [-0.1, -0.05) is 21.9 Å². The van der Waals surface area contributed by atoms with Gasteiger partial charge in [0, 0.05) is 16.4 Å². The molecule has 142 valence electrons. The Balaban J connectivity index is 2.22. The highest BCUT2D eigenvalue weighted by Crippen LogP contribution is 2.37. The number of halogens is 1. The van der Waals surface area contributed by atoms with Crippen molar-refractivity contribution in [1.29, 1.82) is 0 Å². The van der Waals surface area contributed by atoms with Crippen molar-refractivity contribution in [3.8, 4) is 11.5 Å². The molecule has 2 N–H and O–H groups in total. The summed E-state index contributed by atoms with van der Waals surface area (Å²) in [5.74, 6) is 0.948. The van der Waals surface area contributed by atoms with Crippen LogP contribution in [0.1, 0.15) is 12.5 Å². The lowest BCUT2D eigenvalue weighted by Crippen LogP contribution is -2.36. The maximum absolute atomic E-state index is 11.1. The Morgan fingerprint density at radius 3 is 2.03 bits per heavy atom. The fraction of sp³-hybridized carbons (Fsp3) is 0.176. The summed E-state index contributed by atoms with van der Waals surface area (Å²) in [6, 6.07) is 0. The number of hydrogen-bond acceptors (Lipinski definition) is 6. The van der Waals surface area contributed by atoms with Gasteiger partial charge in [-0.3, -0.25) is 0 Å². The summed E-state index contributed by atoms with van der Waals surface area (Å²) in [5, 5.41) is 24.2. The van der Waals surface area contributed by atoms with Crippen LogP contribution in [0.25, 0.3) is 20.2 Å². The summed E-state index contributed by atoms with van der Waals surface area (Å²) in [4.78, 5) is 10.9. The van der Waals surface area contributed by atoms with E-state index in [0.717, 1.165) is 47.5 Å². The summed E-state index contributed by atoms with van der Waals surface area (Å²) in [6.45, 7) is 1.94. The van der Waals surface area contributed by atoms with E-state index >= 15 is 0 Å². The Morgan fingerprint density at radius 1 is 0.897 bits per heavy atom. The zero-order valence-corrected chi connectivity index (χ0v) is 19.2. The van der Waals surface area contributed by atoms with Gasteiger partial charge in [0.1, 0.15) is 56.9 Å². The van der Waals surface area contributed by atoms with Crippen molar-refractivity contribution in [3.63, 3.8) is 0 Å². The van der Waals surface area contributed by atoms with Crippen LogP contribution in [0, 0.1) is 0 Å². The van der Waals surface area contributed by atoms with Gasteiger partial charge in [0.25, 0.3) is 0 Å². The van der Waals surface area contributed by atoms with E-state index in [9.17, 15) is 10.2 Å². The van der Waals surface area contributed by atoms with Crippen LogP contribution >= 0.6 is 22.9 Å². The number of amidine groups is 2. The molecule has 3 aromatic rings. The van der Waals surface area contributed by atoms with Crippen molar-refractivity contribution in [2.45, 2.75) is 13.1 Å². The largest absolute Gasteiger partial charge is 0.509 e. The third-order valence-electron chi connectivity index (χ3n) is 6.24. The number of rotatable bonds is 1. The lowest BCUT2D eigenvalue weighted by Gasteiger charge is -2.26. The molecule has 2 aromatic carbocycles. The summed E-state index contributed by atoms with van der Waals surface area (Å²) in [7, 11) is 11.7. The standard InChI is InChI=1S/C17H19B5ClN3O2S/c1-3-24-16(25-17(23)26(3)2)6-12(27)9(20)7(18)4-5-8(19)10(21)13(28)11(22)15(5)29-14(4)6/h3,27-28H,18-22H2,1-2H3. The molecule has 12 heteroatoms. The summed E-state index contributed by atoms with van der Waals surface area (Å²) < 4.78 is 1.94. The first-order valence-electron chi connectivity index (χ1n) is 9.48. The Morgan fingerprint density at radius 2 is 1.45 bits per heavy atom. The lowest BCUT2D eigenvalue weighted by molar-refractivity contribution is 0.404. The van der Waals surface area contributed by atoms with E-state index in [1.165, 1.54) is 0 Å². The molecule has 0 spiro atoms. The molecule has 0 saturated carbocycles.